The van der Waals surface area contributed by atoms with Gasteiger partial charge in [-0.3, -0.25) is 4.79 Å². The average Bonchev–Trinajstić information content (AvgIpc) is 2.71. The van der Waals surface area contributed by atoms with Crippen molar-refractivity contribution < 1.29 is 4.79 Å². The van der Waals surface area contributed by atoms with E-state index in [9.17, 15) is 4.79 Å². The van der Waals surface area contributed by atoms with Crippen LogP contribution in [0.25, 0.3) is 0 Å². The molecule has 0 radical (unpaired) electrons. The summed E-state index contributed by atoms with van der Waals surface area (Å²) in [7, 11) is 0.483. The Morgan fingerprint density at radius 2 is 1.69 bits per heavy atom. The third kappa shape index (κ3) is 1.94. The van der Waals surface area contributed by atoms with Crippen LogP contribution in [-0.4, -0.2) is 17.8 Å². The number of hydrogen-bond acceptors (Lipinski definition) is 1. The van der Waals surface area contributed by atoms with Gasteiger partial charge >= 0.3 is 0 Å². The first-order valence-corrected chi connectivity index (χ1v) is 6.19. The second-order valence-electron chi connectivity index (χ2n) is 3.30. The van der Waals surface area contributed by atoms with Crippen molar-refractivity contribution in [2.75, 3.05) is 11.5 Å². The summed E-state index contributed by atoms with van der Waals surface area (Å²) in [6.07, 6.45) is 3.65. The highest BCUT2D eigenvalue weighted by Crippen LogP contribution is 2.22. The number of carbonyl (C=O) groups excluding carboxylic acids is 1. The van der Waals surface area contributed by atoms with Gasteiger partial charge in [-0.1, -0.05) is 0 Å². The molecule has 0 atom stereocenters. The molecule has 0 spiro atoms. The zero-order valence-electron chi connectivity index (χ0n) is 7.53. The predicted octanol–water partition coefficient (Wildman–Crippen LogP) is 2.27. The minimum atomic E-state index is 0.483. The zero-order chi connectivity index (χ0) is 9.10. The lowest BCUT2D eigenvalue weighted by molar-refractivity contribution is 0.112. The molecule has 0 saturated carbocycles. The van der Waals surface area contributed by atoms with E-state index >= 15 is 0 Å². The van der Waals surface area contributed by atoms with Gasteiger partial charge in [-0.15, -0.1) is 0 Å². The van der Waals surface area contributed by atoms with E-state index in [1.165, 1.54) is 29.2 Å². The number of hydrogen-bond donors (Lipinski definition) is 0. The highest BCUT2D eigenvalue weighted by atomic mass is 32.2. The second-order valence-corrected chi connectivity index (χ2v) is 5.57. The standard InChI is InChI=1S/C11H13OS/c12-9-10-3-5-11(6-4-10)13-7-1-2-8-13/h3-6,9H,1-2,7-8H2/q+1. The first-order chi connectivity index (χ1) is 6.40. The molecule has 1 aliphatic rings. The Labute approximate surface area is 81.5 Å². The van der Waals surface area contributed by atoms with Crippen molar-refractivity contribution >= 4 is 17.2 Å². The molecule has 13 heavy (non-hydrogen) atoms. The van der Waals surface area contributed by atoms with Crippen molar-refractivity contribution in [3.8, 4) is 0 Å². The zero-order valence-corrected chi connectivity index (χ0v) is 8.35. The molecule has 2 rings (SSSR count). The molecule has 0 aromatic heterocycles. The van der Waals surface area contributed by atoms with Crippen LogP contribution in [0.4, 0.5) is 0 Å². The summed E-state index contributed by atoms with van der Waals surface area (Å²) in [4.78, 5) is 11.9. The minimum Gasteiger partial charge on any atom is -0.298 e. The van der Waals surface area contributed by atoms with Crippen LogP contribution >= 0.6 is 0 Å². The van der Waals surface area contributed by atoms with Crippen molar-refractivity contribution in [2.45, 2.75) is 17.7 Å². The van der Waals surface area contributed by atoms with Gasteiger partial charge in [-0.25, -0.2) is 0 Å². The molecular weight excluding hydrogens is 180 g/mol. The Kier molecular flexibility index (Phi) is 2.69. The number of aldehydes is 1. The van der Waals surface area contributed by atoms with E-state index in [-0.39, 0.29) is 0 Å². The third-order valence-electron chi connectivity index (χ3n) is 2.38. The second kappa shape index (κ2) is 3.97. The lowest BCUT2D eigenvalue weighted by Gasteiger charge is -1.99. The molecule has 2 heteroatoms. The monoisotopic (exact) mass is 193 g/mol. The Balaban J connectivity index is 2.16. The fourth-order valence-electron chi connectivity index (χ4n) is 1.63. The van der Waals surface area contributed by atoms with Gasteiger partial charge in [0.2, 0.25) is 0 Å². The lowest BCUT2D eigenvalue weighted by Crippen LogP contribution is -2.03. The van der Waals surface area contributed by atoms with Gasteiger partial charge < -0.3 is 0 Å². The smallest absolute Gasteiger partial charge is 0.154 e. The predicted molar refractivity (Wildman–Crippen MR) is 56.4 cm³/mol. The normalized spacial score (nSPS) is 17.5. The topological polar surface area (TPSA) is 17.1 Å². The van der Waals surface area contributed by atoms with Crippen LogP contribution in [0.15, 0.2) is 29.2 Å². The Hall–Kier alpha value is -0.760. The van der Waals surface area contributed by atoms with E-state index in [0.717, 1.165) is 11.8 Å². The van der Waals surface area contributed by atoms with Crippen LogP contribution in [-0.2, 0) is 10.9 Å². The summed E-state index contributed by atoms with van der Waals surface area (Å²) >= 11 is 0. The molecule has 1 nitrogen and oxygen atoms in total. The SMILES string of the molecule is O=Cc1ccc([S+]2CCCC2)cc1. The van der Waals surface area contributed by atoms with Crippen LogP contribution in [0.3, 0.4) is 0 Å². The minimum absolute atomic E-state index is 0.483. The number of carbonyl (C=O) groups is 1. The van der Waals surface area contributed by atoms with Crippen LogP contribution in [0.5, 0.6) is 0 Å². The van der Waals surface area contributed by atoms with Gasteiger partial charge in [0.05, 0.1) is 0 Å². The Morgan fingerprint density at radius 3 is 2.23 bits per heavy atom. The molecule has 68 valence electrons. The summed E-state index contributed by atoms with van der Waals surface area (Å²) in [6, 6.07) is 8.07. The lowest BCUT2D eigenvalue weighted by atomic mass is 10.2. The third-order valence-corrected chi connectivity index (χ3v) is 4.88. The highest BCUT2D eigenvalue weighted by molar-refractivity contribution is 7.97. The maximum absolute atomic E-state index is 10.4. The van der Waals surface area contributed by atoms with E-state index in [0.29, 0.717) is 10.9 Å². The van der Waals surface area contributed by atoms with Crippen LogP contribution in [0.1, 0.15) is 23.2 Å². The van der Waals surface area contributed by atoms with Crippen LogP contribution < -0.4 is 0 Å². The van der Waals surface area contributed by atoms with E-state index in [1.807, 2.05) is 12.1 Å². The molecule has 1 fully saturated rings. The molecule has 1 aromatic carbocycles. The van der Waals surface area contributed by atoms with Gasteiger partial charge in [0.1, 0.15) is 17.8 Å². The van der Waals surface area contributed by atoms with E-state index in [4.69, 9.17) is 0 Å². The van der Waals surface area contributed by atoms with Gasteiger partial charge in [0.25, 0.3) is 0 Å². The van der Waals surface area contributed by atoms with Gasteiger partial charge in [-0.2, -0.15) is 0 Å². The van der Waals surface area contributed by atoms with Crippen molar-refractivity contribution in [2.24, 2.45) is 0 Å². The van der Waals surface area contributed by atoms with Crippen molar-refractivity contribution in [1.29, 1.82) is 0 Å². The van der Waals surface area contributed by atoms with E-state index in [2.05, 4.69) is 12.1 Å². The molecule has 0 amide bonds. The first kappa shape index (κ1) is 8.82. The van der Waals surface area contributed by atoms with Gasteiger partial charge in [0, 0.05) is 16.5 Å². The number of rotatable bonds is 2. The molecule has 1 heterocycles. The molecule has 0 bridgehead atoms. The van der Waals surface area contributed by atoms with Gasteiger partial charge in [0.15, 0.2) is 4.90 Å². The first-order valence-electron chi connectivity index (χ1n) is 4.63. The summed E-state index contributed by atoms with van der Waals surface area (Å²) in [5.74, 6) is 2.70. The quantitative estimate of drug-likeness (QED) is 0.520. The fraction of sp³-hybridized carbons (Fsp3) is 0.364. The maximum atomic E-state index is 10.4. The van der Waals surface area contributed by atoms with Crippen LogP contribution in [0, 0.1) is 0 Å². The van der Waals surface area contributed by atoms with Crippen molar-refractivity contribution in [1.82, 2.24) is 0 Å². The average molecular weight is 193 g/mol. The molecule has 0 aliphatic carbocycles. The van der Waals surface area contributed by atoms with Crippen molar-refractivity contribution in [3.63, 3.8) is 0 Å². The Bertz CT molecular complexity index is 285. The van der Waals surface area contributed by atoms with E-state index in [1.54, 1.807) is 0 Å². The van der Waals surface area contributed by atoms with E-state index < -0.39 is 0 Å². The van der Waals surface area contributed by atoms with Crippen LogP contribution in [0.2, 0.25) is 0 Å². The summed E-state index contributed by atoms with van der Waals surface area (Å²) in [5, 5.41) is 0. The summed E-state index contributed by atoms with van der Waals surface area (Å²) < 4.78 is 0. The molecule has 1 aliphatic heterocycles. The highest BCUT2D eigenvalue weighted by Gasteiger charge is 2.26. The molecule has 1 aromatic rings. The summed E-state index contributed by atoms with van der Waals surface area (Å²) in [5.41, 5.74) is 0.784. The summed E-state index contributed by atoms with van der Waals surface area (Å²) in [6.45, 7) is 0. The van der Waals surface area contributed by atoms with Crippen molar-refractivity contribution in [3.05, 3.63) is 29.8 Å². The molecule has 0 unspecified atom stereocenters. The Morgan fingerprint density at radius 1 is 1.08 bits per heavy atom. The molecule has 0 N–H and O–H groups in total. The maximum Gasteiger partial charge on any atom is 0.154 e. The number of benzene rings is 1. The fourth-order valence-corrected chi connectivity index (χ4v) is 3.93. The van der Waals surface area contributed by atoms with Gasteiger partial charge in [-0.05, 0) is 37.1 Å². The largest absolute Gasteiger partial charge is 0.298 e. The molecule has 1 saturated heterocycles. The molecular formula is C11H13OS+.